The zero-order valence-electron chi connectivity index (χ0n) is 22.6. The molecule has 3 nitrogen and oxygen atoms in total. The van der Waals surface area contributed by atoms with E-state index < -0.39 is 7.14 Å². The quantitative estimate of drug-likeness (QED) is 0.159. The van der Waals surface area contributed by atoms with E-state index in [-0.39, 0.29) is 0 Å². The largest absolute Gasteiger partial charge is 0.449 e. The molecule has 8 rings (SSSR count). The Labute approximate surface area is 244 Å². The van der Waals surface area contributed by atoms with Crippen molar-refractivity contribution in [1.82, 2.24) is 0 Å². The summed E-state index contributed by atoms with van der Waals surface area (Å²) in [4.78, 5) is 0. The van der Waals surface area contributed by atoms with Gasteiger partial charge in [-0.2, -0.15) is 0 Å². The van der Waals surface area contributed by atoms with Gasteiger partial charge < -0.3 is 14.0 Å². The van der Waals surface area contributed by atoms with Crippen LogP contribution in [0.1, 0.15) is 0 Å². The van der Waals surface area contributed by atoms with Crippen LogP contribution in [0.3, 0.4) is 0 Å². The Balaban J connectivity index is 1.24. The third-order valence-electron chi connectivity index (χ3n) is 7.99. The Morgan fingerprint density at radius 2 is 0.857 bits per heavy atom. The minimum Gasteiger partial charge on any atom is -0.449 e. The highest BCUT2D eigenvalue weighted by Gasteiger charge is 2.30. The summed E-state index contributed by atoms with van der Waals surface area (Å²) in [7, 11) is -3.10. The predicted molar refractivity (Wildman–Crippen MR) is 173 cm³/mol. The number of rotatable bonds is 4. The molecule has 0 saturated heterocycles. The summed E-state index contributed by atoms with van der Waals surface area (Å²) < 4.78 is 28.1. The van der Waals surface area contributed by atoms with Gasteiger partial charge in [0.05, 0.1) is 0 Å². The fraction of sp³-hybridized carbons (Fsp3) is 0. The van der Waals surface area contributed by atoms with E-state index >= 15 is 0 Å². The molecular formula is C38H25O3P. The van der Waals surface area contributed by atoms with Crippen molar-refractivity contribution < 1.29 is 14.0 Å². The van der Waals surface area contributed by atoms with Crippen molar-refractivity contribution in [3.63, 3.8) is 0 Å². The number of ether oxygens (including phenoxy) is 2. The molecule has 7 aromatic carbocycles. The molecule has 1 aliphatic heterocycles. The van der Waals surface area contributed by atoms with Gasteiger partial charge in [0.2, 0.25) is 0 Å². The maximum Gasteiger partial charge on any atom is 0.178 e. The van der Waals surface area contributed by atoms with Gasteiger partial charge in [-0.15, -0.1) is 0 Å². The second-order valence-corrected chi connectivity index (χ2v) is 13.2. The number of benzene rings is 7. The van der Waals surface area contributed by atoms with Crippen molar-refractivity contribution >= 4 is 44.6 Å². The zero-order valence-corrected chi connectivity index (χ0v) is 23.5. The first kappa shape index (κ1) is 24.7. The van der Waals surface area contributed by atoms with Crippen LogP contribution in [0, 0.1) is 0 Å². The second kappa shape index (κ2) is 9.76. The SMILES string of the molecule is O=P(c1ccccc1)(c1ccccc1)c1cccc(-c2ccc3c(c2)Oc2c(c4ccccc4c4ccccc24)O3)c1. The van der Waals surface area contributed by atoms with Crippen molar-refractivity contribution in [2.24, 2.45) is 0 Å². The summed E-state index contributed by atoms with van der Waals surface area (Å²) in [5, 5.41) is 6.70. The molecule has 0 atom stereocenters. The fourth-order valence-corrected chi connectivity index (χ4v) is 8.65. The van der Waals surface area contributed by atoms with Crippen molar-refractivity contribution in [2.75, 3.05) is 0 Å². The Morgan fingerprint density at radius 3 is 1.45 bits per heavy atom. The number of hydrogen-bond acceptors (Lipinski definition) is 3. The van der Waals surface area contributed by atoms with Crippen LogP contribution in [-0.4, -0.2) is 0 Å². The molecule has 0 bridgehead atoms. The molecule has 0 saturated carbocycles. The van der Waals surface area contributed by atoms with E-state index in [4.69, 9.17) is 9.47 Å². The molecule has 0 unspecified atom stereocenters. The summed E-state index contributed by atoms with van der Waals surface area (Å²) in [6, 6.07) is 50.1. The Kier molecular flexibility index (Phi) is 5.73. The maximum atomic E-state index is 15.0. The van der Waals surface area contributed by atoms with Gasteiger partial charge in [0.25, 0.3) is 0 Å². The Hall–Kier alpha value is -5.11. The Bertz CT molecular complexity index is 2130. The van der Waals surface area contributed by atoms with Crippen LogP contribution in [0.15, 0.2) is 152 Å². The first-order valence-corrected chi connectivity index (χ1v) is 15.7. The summed E-state index contributed by atoms with van der Waals surface area (Å²) >= 11 is 0. The molecule has 1 aliphatic rings. The van der Waals surface area contributed by atoms with Gasteiger partial charge >= 0.3 is 0 Å². The van der Waals surface area contributed by atoms with Crippen LogP contribution in [-0.2, 0) is 4.57 Å². The van der Waals surface area contributed by atoms with E-state index in [0.717, 1.165) is 60.1 Å². The third kappa shape index (κ3) is 3.86. The van der Waals surface area contributed by atoms with Crippen LogP contribution < -0.4 is 25.4 Å². The van der Waals surface area contributed by atoms with Gasteiger partial charge in [-0.3, -0.25) is 0 Å². The van der Waals surface area contributed by atoms with E-state index in [0.29, 0.717) is 11.5 Å². The molecule has 0 aromatic heterocycles. The van der Waals surface area contributed by atoms with E-state index in [1.54, 1.807) is 0 Å². The maximum absolute atomic E-state index is 15.0. The molecule has 0 N–H and O–H groups in total. The molecule has 0 spiro atoms. The summed E-state index contributed by atoms with van der Waals surface area (Å²) in [5.74, 6) is 2.78. The minimum atomic E-state index is -3.10. The van der Waals surface area contributed by atoms with Gasteiger partial charge in [0.15, 0.2) is 30.1 Å². The minimum absolute atomic E-state index is 0.653. The molecule has 42 heavy (non-hydrogen) atoms. The van der Waals surface area contributed by atoms with Crippen molar-refractivity contribution in [3.05, 3.63) is 152 Å². The van der Waals surface area contributed by atoms with E-state index in [2.05, 4.69) is 24.3 Å². The summed E-state index contributed by atoms with van der Waals surface area (Å²) in [6.45, 7) is 0. The van der Waals surface area contributed by atoms with Crippen LogP contribution in [0.25, 0.3) is 32.7 Å². The highest BCUT2D eigenvalue weighted by molar-refractivity contribution is 7.85. The lowest BCUT2D eigenvalue weighted by Gasteiger charge is -2.24. The topological polar surface area (TPSA) is 35.5 Å². The third-order valence-corrected chi connectivity index (χ3v) is 11.0. The average Bonchev–Trinajstić information content (AvgIpc) is 3.08. The average molecular weight is 561 g/mol. The zero-order chi connectivity index (χ0) is 28.1. The standard InChI is InChI=1S/C38H25O3P/c39-42(28-13-3-1-4-14-28,29-15-5-2-6-16-29)30-17-11-12-26(24-30)27-22-23-35-36(25-27)41-38-34-21-10-8-19-32(34)31-18-7-9-20-33(31)37(38)40-35/h1-25H. The highest BCUT2D eigenvalue weighted by atomic mass is 31.2. The van der Waals surface area contributed by atoms with Gasteiger partial charge in [-0.25, -0.2) is 0 Å². The molecule has 0 fully saturated rings. The first-order chi connectivity index (χ1) is 20.7. The molecule has 1 heterocycles. The van der Waals surface area contributed by atoms with Gasteiger partial charge in [0.1, 0.15) is 0 Å². The molecule has 0 amide bonds. The van der Waals surface area contributed by atoms with E-state index in [1.165, 1.54) is 0 Å². The lowest BCUT2D eigenvalue weighted by molar-refractivity contribution is 0.367. The summed E-state index contributed by atoms with van der Waals surface area (Å²) in [6.07, 6.45) is 0. The molecule has 200 valence electrons. The monoisotopic (exact) mass is 560 g/mol. The lowest BCUT2D eigenvalue weighted by atomic mass is 9.99. The molecule has 4 heteroatoms. The van der Waals surface area contributed by atoms with Gasteiger partial charge in [-0.1, -0.05) is 133 Å². The molecule has 0 aliphatic carbocycles. The molecular weight excluding hydrogens is 535 g/mol. The Morgan fingerprint density at radius 1 is 0.381 bits per heavy atom. The highest BCUT2D eigenvalue weighted by Crippen LogP contribution is 2.53. The van der Waals surface area contributed by atoms with Gasteiger partial charge in [0, 0.05) is 26.7 Å². The van der Waals surface area contributed by atoms with Crippen molar-refractivity contribution in [2.45, 2.75) is 0 Å². The first-order valence-electron chi connectivity index (χ1n) is 14.0. The van der Waals surface area contributed by atoms with Gasteiger partial charge in [-0.05, 0) is 40.1 Å². The lowest BCUT2D eigenvalue weighted by Crippen LogP contribution is -2.25. The van der Waals surface area contributed by atoms with Crippen molar-refractivity contribution in [1.29, 1.82) is 0 Å². The van der Waals surface area contributed by atoms with Crippen LogP contribution in [0.5, 0.6) is 23.0 Å². The smallest absolute Gasteiger partial charge is 0.178 e. The molecule has 0 radical (unpaired) electrons. The number of fused-ring (bicyclic) bond motifs is 7. The second-order valence-electron chi connectivity index (χ2n) is 10.4. The van der Waals surface area contributed by atoms with E-state index in [1.807, 2.05) is 127 Å². The van der Waals surface area contributed by atoms with Crippen LogP contribution in [0.2, 0.25) is 0 Å². The number of hydrogen-bond donors (Lipinski definition) is 0. The van der Waals surface area contributed by atoms with E-state index in [9.17, 15) is 4.57 Å². The normalized spacial score (nSPS) is 12.3. The predicted octanol–water partition coefficient (Wildman–Crippen LogP) is 9.20. The molecule has 7 aromatic rings. The van der Waals surface area contributed by atoms with Crippen molar-refractivity contribution in [3.8, 4) is 34.1 Å². The summed E-state index contributed by atoms with van der Waals surface area (Å²) in [5.41, 5.74) is 1.92. The fourth-order valence-electron chi connectivity index (χ4n) is 5.96. The van der Waals surface area contributed by atoms with Crippen LogP contribution in [0.4, 0.5) is 0 Å². The van der Waals surface area contributed by atoms with Crippen LogP contribution >= 0.6 is 7.14 Å².